The minimum absolute atomic E-state index is 0.0232. The Morgan fingerprint density at radius 3 is 2.69 bits per heavy atom. The molecule has 2 aromatic carbocycles. The van der Waals surface area contributed by atoms with Gasteiger partial charge in [0.15, 0.2) is 0 Å². The SMILES string of the molecule is Cn1c(COc2cccc(C(=N)N)c2)nc2cc(S(=O)(=O)N3CCCC3)ccc21. The average Bonchev–Trinajstić information content (AvgIpc) is 3.35. The molecule has 0 radical (unpaired) electrons. The first-order valence-corrected chi connectivity index (χ1v) is 10.8. The number of aromatic nitrogens is 2. The summed E-state index contributed by atoms with van der Waals surface area (Å²) in [6.45, 7) is 1.35. The van der Waals surface area contributed by atoms with Crippen molar-refractivity contribution in [2.75, 3.05) is 13.1 Å². The highest BCUT2D eigenvalue weighted by molar-refractivity contribution is 7.89. The number of nitrogens with two attached hydrogens (primary N) is 1. The molecule has 3 N–H and O–H groups in total. The molecular weight excluding hydrogens is 390 g/mol. The van der Waals surface area contributed by atoms with Gasteiger partial charge in [0.1, 0.15) is 24.0 Å². The van der Waals surface area contributed by atoms with Gasteiger partial charge in [0.2, 0.25) is 10.0 Å². The summed E-state index contributed by atoms with van der Waals surface area (Å²) in [5.41, 5.74) is 7.55. The van der Waals surface area contributed by atoms with Gasteiger partial charge in [-0.3, -0.25) is 5.41 Å². The van der Waals surface area contributed by atoms with Crippen LogP contribution in [0.25, 0.3) is 11.0 Å². The zero-order valence-electron chi connectivity index (χ0n) is 16.1. The van der Waals surface area contributed by atoms with E-state index in [9.17, 15) is 8.42 Å². The van der Waals surface area contributed by atoms with Crippen LogP contribution >= 0.6 is 0 Å². The molecule has 0 atom stereocenters. The van der Waals surface area contributed by atoms with Gasteiger partial charge in [0.05, 0.1) is 15.9 Å². The van der Waals surface area contributed by atoms with Crippen molar-refractivity contribution in [2.24, 2.45) is 12.8 Å². The Balaban J connectivity index is 1.59. The van der Waals surface area contributed by atoms with E-state index >= 15 is 0 Å². The first-order valence-electron chi connectivity index (χ1n) is 9.39. The Bertz CT molecular complexity index is 1180. The van der Waals surface area contributed by atoms with Gasteiger partial charge in [-0.05, 0) is 43.2 Å². The van der Waals surface area contributed by atoms with E-state index in [1.165, 1.54) is 4.31 Å². The highest BCUT2D eigenvalue weighted by Crippen LogP contribution is 2.25. The van der Waals surface area contributed by atoms with Crippen LogP contribution in [0.5, 0.6) is 5.75 Å². The number of hydrogen-bond acceptors (Lipinski definition) is 5. The molecule has 1 aromatic heterocycles. The van der Waals surface area contributed by atoms with Gasteiger partial charge < -0.3 is 15.0 Å². The lowest BCUT2D eigenvalue weighted by Gasteiger charge is -2.15. The van der Waals surface area contributed by atoms with E-state index in [-0.39, 0.29) is 17.3 Å². The molecule has 0 amide bonds. The molecule has 8 nitrogen and oxygen atoms in total. The van der Waals surface area contributed by atoms with Crippen LogP contribution in [-0.4, -0.2) is 41.2 Å². The lowest BCUT2D eigenvalue weighted by atomic mass is 10.2. The third kappa shape index (κ3) is 3.70. The first kappa shape index (κ1) is 19.4. The van der Waals surface area contributed by atoms with Gasteiger partial charge in [-0.2, -0.15) is 4.31 Å². The number of ether oxygens (including phenoxy) is 1. The summed E-state index contributed by atoms with van der Waals surface area (Å²) in [5.74, 6) is 1.23. The van der Waals surface area contributed by atoms with Crippen LogP contribution < -0.4 is 10.5 Å². The number of aryl methyl sites for hydroxylation is 1. The number of nitrogens with one attached hydrogen (secondary N) is 1. The van der Waals surface area contributed by atoms with Gasteiger partial charge in [-0.1, -0.05) is 12.1 Å². The Labute approximate surface area is 169 Å². The summed E-state index contributed by atoms with van der Waals surface area (Å²) >= 11 is 0. The molecule has 152 valence electrons. The third-order valence-electron chi connectivity index (χ3n) is 5.16. The maximum Gasteiger partial charge on any atom is 0.243 e. The van der Waals surface area contributed by atoms with Crippen LogP contribution in [0.1, 0.15) is 24.2 Å². The molecule has 29 heavy (non-hydrogen) atoms. The molecule has 2 heterocycles. The number of rotatable bonds is 6. The topological polar surface area (TPSA) is 114 Å². The van der Waals surface area contributed by atoms with E-state index in [1.54, 1.807) is 42.5 Å². The zero-order chi connectivity index (χ0) is 20.6. The van der Waals surface area contributed by atoms with Crippen molar-refractivity contribution >= 4 is 26.9 Å². The Kier molecular flexibility index (Phi) is 5.01. The summed E-state index contributed by atoms with van der Waals surface area (Å²) in [4.78, 5) is 4.84. The average molecular weight is 414 g/mol. The standard InChI is InChI=1S/C20H23N5O3S/c1-24-18-8-7-16(29(26,27)25-9-2-3-10-25)12-17(18)23-19(24)13-28-15-6-4-5-14(11-15)20(21)22/h4-8,11-12H,2-3,9-10,13H2,1H3,(H3,21,22). The van der Waals surface area contributed by atoms with Crippen LogP contribution in [-0.2, 0) is 23.7 Å². The predicted octanol–water partition coefficient (Wildman–Crippen LogP) is 2.22. The number of benzene rings is 2. The lowest BCUT2D eigenvalue weighted by molar-refractivity contribution is 0.292. The Morgan fingerprint density at radius 1 is 1.21 bits per heavy atom. The summed E-state index contributed by atoms with van der Waals surface area (Å²) in [6.07, 6.45) is 1.80. The van der Waals surface area contributed by atoms with Crippen LogP contribution in [0.3, 0.4) is 0 Å². The number of nitrogens with zero attached hydrogens (tertiary/aromatic N) is 3. The monoisotopic (exact) mass is 413 g/mol. The van der Waals surface area contributed by atoms with Crippen molar-refractivity contribution in [2.45, 2.75) is 24.3 Å². The fraction of sp³-hybridized carbons (Fsp3) is 0.300. The first-order chi connectivity index (χ1) is 13.9. The highest BCUT2D eigenvalue weighted by Gasteiger charge is 2.27. The van der Waals surface area contributed by atoms with Gasteiger partial charge >= 0.3 is 0 Å². The van der Waals surface area contributed by atoms with Crippen molar-refractivity contribution in [3.8, 4) is 5.75 Å². The molecule has 4 rings (SSSR count). The quantitative estimate of drug-likeness (QED) is 0.475. The van der Waals surface area contributed by atoms with Crippen molar-refractivity contribution in [3.05, 3.63) is 53.9 Å². The lowest BCUT2D eigenvalue weighted by Crippen LogP contribution is -2.27. The van der Waals surface area contributed by atoms with Crippen molar-refractivity contribution in [1.29, 1.82) is 5.41 Å². The molecular formula is C20H23N5O3S. The van der Waals surface area contributed by atoms with Crippen LogP contribution in [0.15, 0.2) is 47.4 Å². The summed E-state index contributed by atoms with van der Waals surface area (Å²) in [6, 6.07) is 12.1. The number of amidine groups is 1. The smallest absolute Gasteiger partial charge is 0.243 e. The minimum Gasteiger partial charge on any atom is -0.486 e. The van der Waals surface area contributed by atoms with Gasteiger partial charge in [0.25, 0.3) is 0 Å². The van der Waals surface area contributed by atoms with E-state index in [2.05, 4.69) is 4.98 Å². The van der Waals surface area contributed by atoms with Crippen LogP contribution in [0.4, 0.5) is 0 Å². The molecule has 1 saturated heterocycles. The van der Waals surface area contributed by atoms with Crippen molar-refractivity contribution in [3.63, 3.8) is 0 Å². The fourth-order valence-corrected chi connectivity index (χ4v) is 5.04. The van der Waals surface area contributed by atoms with E-state index in [1.807, 2.05) is 11.6 Å². The van der Waals surface area contributed by atoms with Gasteiger partial charge in [-0.15, -0.1) is 0 Å². The number of hydrogen-bond donors (Lipinski definition) is 2. The second-order valence-corrected chi connectivity index (χ2v) is 9.02. The summed E-state index contributed by atoms with van der Waals surface area (Å²) in [5, 5.41) is 7.52. The molecule has 0 spiro atoms. The maximum atomic E-state index is 12.8. The molecule has 1 fully saturated rings. The zero-order valence-corrected chi connectivity index (χ0v) is 16.9. The molecule has 0 unspecified atom stereocenters. The third-order valence-corrected chi connectivity index (χ3v) is 7.06. The van der Waals surface area contributed by atoms with Gasteiger partial charge in [0, 0.05) is 25.7 Å². The van der Waals surface area contributed by atoms with Crippen LogP contribution in [0.2, 0.25) is 0 Å². The van der Waals surface area contributed by atoms with E-state index in [0.717, 1.165) is 18.4 Å². The molecule has 0 aliphatic carbocycles. The largest absolute Gasteiger partial charge is 0.486 e. The molecule has 3 aromatic rings. The molecule has 0 bridgehead atoms. The minimum atomic E-state index is -3.48. The van der Waals surface area contributed by atoms with Crippen molar-refractivity contribution < 1.29 is 13.2 Å². The Hall–Kier alpha value is -2.91. The fourth-order valence-electron chi connectivity index (χ4n) is 3.50. The number of fused-ring (bicyclic) bond motifs is 1. The second-order valence-electron chi connectivity index (χ2n) is 7.08. The van der Waals surface area contributed by atoms with E-state index < -0.39 is 10.0 Å². The van der Waals surface area contributed by atoms with E-state index in [4.69, 9.17) is 15.9 Å². The molecule has 1 aliphatic heterocycles. The van der Waals surface area contributed by atoms with Crippen molar-refractivity contribution in [1.82, 2.24) is 13.9 Å². The molecule has 1 aliphatic rings. The van der Waals surface area contributed by atoms with E-state index in [0.29, 0.717) is 35.7 Å². The number of imidazole rings is 1. The van der Waals surface area contributed by atoms with Crippen LogP contribution in [0, 0.1) is 5.41 Å². The maximum absolute atomic E-state index is 12.8. The summed E-state index contributed by atoms with van der Waals surface area (Å²) in [7, 11) is -1.61. The second kappa shape index (κ2) is 7.49. The number of sulfonamides is 1. The highest BCUT2D eigenvalue weighted by atomic mass is 32.2. The molecule has 0 saturated carbocycles. The Morgan fingerprint density at radius 2 is 1.97 bits per heavy atom. The normalized spacial score (nSPS) is 15.1. The van der Waals surface area contributed by atoms with Gasteiger partial charge in [-0.25, -0.2) is 13.4 Å². The number of nitrogen functional groups attached to an aromatic ring is 1. The predicted molar refractivity (Wildman–Crippen MR) is 110 cm³/mol. The summed E-state index contributed by atoms with van der Waals surface area (Å²) < 4.78 is 34.8. The molecule has 9 heteroatoms.